The molecule has 2 amide bonds. The number of anilines is 2. The molecule has 1 heterocycles. The predicted octanol–water partition coefficient (Wildman–Crippen LogP) is 4.62. The number of nitrogens with zero attached hydrogens (tertiary/aromatic N) is 2. The number of carbonyl (C=O) groups is 2. The fourth-order valence-electron chi connectivity index (χ4n) is 2.08. The number of thioether (sulfide) groups is 1. The third-order valence-corrected chi connectivity index (χ3v) is 5.89. The van der Waals surface area contributed by atoms with E-state index < -0.39 is 11.7 Å². The first-order valence-electron chi connectivity index (χ1n) is 8.00. The van der Waals surface area contributed by atoms with Crippen LogP contribution >= 0.6 is 34.7 Å². The molecule has 0 atom stereocenters. The van der Waals surface area contributed by atoms with Crippen molar-refractivity contribution in [3.63, 3.8) is 0 Å². The molecular weight excluding hydrogens is 423 g/mol. The third kappa shape index (κ3) is 5.51. The SMILES string of the molecule is Cc1ccc(NC(=O)CSc2nnc(NC(=O)c3ccc(F)cc3)s2)cc1Cl. The third-order valence-electron chi connectivity index (χ3n) is 3.52. The van der Waals surface area contributed by atoms with E-state index >= 15 is 0 Å². The number of aromatic nitrogens is 2. The molecule has 0 bridgehead atoms. The van der Waals surface area contributed by atoms with E-state index in [1.54, 1.807) is 12.1 Å². The number of benzene rings is 2. The van der Waals surface area contributed by atoms with Gasteiger partial charge >= 0.3 is 0 Å². The number of rotatable bonds is 6. The number of nitrogens with one attached hydrogen (secondary N) is 2. The first-order valence-corrected chi connectivity index (χ1v) is 10.2. The van der Waals surface area contributed by atoms with Gasteiger partial charge in [0.1, 0.15) is 5.82 Å². The predicted molar refractivity (Wildman–Crippen MR) is 110 cm³/mol. The Morgan fingerprint density at radius 2 is 1.89 bits per heavy atom. The molecule has 0 saturated carbocycles. The summed E-state index contributed by atoms with van der Waals surface area (Å²) in [5.74, 6) is -0.914. The molecule has 144 valence electrons. The zero-order valence-electron chi connectivity index (χ0n) is 14.5. The highest BCUT2D eigenvalue weighted by molar-refractivity contribution is 8.01. The Morgan fingerprint density at radius 1 is 1.14 bits per heavy atom. The van der Waals surface area contributed by atoms with Gasteiger partial charge in [-0.15, -0.1) is 10.2 Å². The molecule has 0 spiro atoms. The van der Waals surface area contributed by atoms with Crippen LogP contribution in [0.15, 0.2) is 46.8 Å². The van der Waals surface area contributed by atoms with Gasteiger partial charge in [0.2, 0.25) is 11.0 Å². The Bertz CT molecular complexity index is 1010. The quantitative estimate of drug-likeness (QED) is 0.435. The molecule has 0 radical (unpaired) electrons. The highest BCUT2D eigenvalue weighted by atomic mass is 35.5. The van der Waals surface area contributed by atoms with Crippen molar-refractivity contribution in [2.24, 2.45) is 0 Å². The standard InChI is InChI=1S/C18H14ClFN4O2S2/c1-10-2-7-13(8-14(10)19)21-15(25)9-27-18-24-23-17(28-18)22-16(26)11-3-5-12(20)6-4-11/h2-8H,9H2,1H3,(H,21,25)(H,22,23,26). The zero-order valence-corrected chi connectivity index (χ0v) is 16.9. The van der Waals surface area contributed by atoms with Crippen molar-refractivity contribution in [2.45, 2.75) is 11.3 Å². The molecule has 0 aliphatic heterocycles. The van der Waals surface area contributed by atoms with E-state index in [0.29, 0.717) is 25.7 Å². The summed E-state index contributed by atoms with van der Waals surface area (Å²) in [6.07, 6.45) is 0. The van der Waals surface area contributed by atoms with Crippen LogP contribution in [0, 0.1) is 12.7 Å². The lowest BCUT2D eigenvalue weighted by Crippen LogP contribution is -2.13. The van der Waals surface area contributed by atoms with Crippen molar-refractivity contribution >= 4 is 57.3 Å². The van der Waals surface area contributed by atoms with E-state index in [2.05, 4.69) is 20.8 Å². The van der Waals surface area contributed by atoms with E-state index in [0.717, 1.165) is 16.9 Å². The summed E-state index contributed by atoms with van der Waals surface area (Å²) in [6, 6.07) is 10.5. The summed E-state index contributed by atoms with van der Waals surface area (Å²) in [5.41, 5.74) is 1.85. The Kier molecular flexibility index (Phi) is 6.61. The van der Waals surface area contributed by atoms with Crippen LogP contribution in [0.25, 0.3) is 0 Å². The van der Waals surface area contributed by atoms with E-state index in [1.807, 2.05) is 13.0 Å². The summed E-state index contributed by atoms with van der Waals surface area (Å²) in [7, 11) is 0. The number of amides is 2. The Labute approximate surface area is 173 Å². The number of hydrogen-bond acceptors (Lipinski definition) is 6. The number of hydrogen-bond donors (Lipinski definition) is 2. The largest absolute Gasteiger partial charge is 0.325 e. The van der Waals surface area contributed by atoms with Gasteiger partial charge in [0, 0.05) is 16.3 Å². The topological polar surface area (TPSA) is 84.0 Å². The minimum atomic E-state index is -0.419. The van der Waals surface area contributed by atoms with Crippen molar-refractivity contribution in [1.82, 2.24) is 10.2 Å². The first-order chi connectivity index (χ1) is 13.4. The van der Waals surface area contributed by atoms with Gasteiger partial charge in [0.15, 0.2) is 4.34 Å². The van der Waals surface area contributed by atoms with Crippen LogP contribution in [0.4, 0.5) is 15.2 Å². The van der Waals surface area contributed by atoms with Gasteiger partial charge in [0.05, 0.1) is 5.75 Å². The molecule has 6 nitrogen and oxygen atoms in total. The van der Waals surface area contributed by atoms with Crippen molar-refractivity contribution in [2.75, 3.05) is 16.4 Å². The van der Waals surface area contributed by atoms with E-state index in [-0.39, 0.29) is 11.7 Å². The minimum absolute atomic E-state index is 0.131. The van der Waals surface area contributed by atoms with E-state index in [4.69, 9.17) is 11.6 Å². The van der Waals surface area contributed by atoms with Gasteiger partial charge < -0.3 is 5.32 Å². The monoisotopic (exact) mass is 436 g/mol. The van der Waals surface area contributed by atoms with Gasteiger partial charge in [-0.3, -0.25) is 14.9 Å². The molecule has 2 aromatic carbocycles. The molecule has 3 rings (SSSR count). The van der Waals surface area contributed by atoms with Crippen LogP contribution in [0.5, 0.6) is 0 Å². The van der Waals surface area contributed by atoms with Crippen LogP contribution in [-0.4, -0.2) is 27.8 Å². The lowest BCUT2D eigenvalue weighted by atomic mass is 10.2. The Morgan fingerprint density at radius 3 is 2.61 bits per heavy atom. The van der Waals surface area contributed by atoms with Crippen molar-refractivity contribution in [3.8, 4) is 0 Å². The average Bonchev–Trinajstić information content (AvgIpc) is 3.11. The summed E-state index contributed by atoms with van der Waals surface area (Å²) < 4.78 is 13.4. The molecule has 0 saturated heterocycles. The van der Waals surface area contributed by atoms with Gasteiger partial charge in [-0.2, -0.15) is 0 Å². The fraction of sp³-hybridized carbons (Fsp3) is 0.111. The second-order valence-electron chi connectivity index (χ2n) is 5.63. The second kappa shape index (κ2) is 9.13. The molecule has 28 heavy (non-hydrogen) atoms. The fourth-order valence-corrected chi connectivity index (χ4v) is 3.81. The van der Waals surface area contributed by atoms with Crippen LogP contribution in [0.1, 0.15) is 15.9 Å². The van der Waals surface area contributed by atoms with Gasteiger partial charge in [-0.05, 0) is 48.9 Å². The van der Waals surface area contributed by atoms with Gasteiger partial charge in [-0.1, -0.05) is 40.8 Å². The van der Waals surface area contributed by atoms with Crippen molar-refractivity contribution < 1.29 is 14.0 Å². The molecule has 3 aromatic rings. The van der Waals surface area contributed by atoms with Crippen LogP contribution in [0.3, 0.4) is 0 Å². The summed E-state index contributed by atoms with van der Waals surface area (Å²) >= 11 is 8.39. The molecule has 2 N–H and O–H groups in total. The van der Waals surface area contributed by atoms with E-state index in [1.165, 1.54) is 36.0 Å². The van der Waals surface area contributed by atoms with Gasteiger partial charge in [-0.25, -0.2) is 4.39 Å². The van der Waals surface area contributed by atoms with Crippen LogP contribution < -0.4 is 10.6 Å². The molecule has 0 aliphatic rings. The van der Waals surface area contributed by atoms with Gasteiger partial charge in [0.25, 0.3) is 5.91 Å². The molecule has 10 heteroatoms. The van der Waals surface area contributed by atoms with E-state index in [9.17, 15) is 14.0 Å². The smallest absolute Gasteiger partial charge is 0.257 e. The maximum Gasteiger partial charge on any atom is 0.257 e. The van der Waals surface area contributed by atoms with Crippen LogP contribution in [0.2, 0.25) is 5.02 Å². The summed E-state index contributed by atoms with van der Waals surface area (Å²) in [4.78, 5) is 24.1. The van der Waals surface area contributed by atoms with Crippen molar-refractivity contribution in [1.29, 1.82) is 0 Å². The second-order valence-corrected chi connectivity index (χ2v) is 8.24. The first kappa shape index (κ1) is 20.2. The normalized spacial score (nSPS) is 10.5. The minimum Gasteiger partial charge on any atom is -0.325 e. The molecular formula is C18H14ClFN4O2S2. The molecule has 0 fully saturated rings. The number of carbonyl (C=O) groups excluding carboxylic acids is 2. The molecule has 1 aromatic heterocycles. The molecule has 0 aliphatic carbocycles. The highest BCUT2D eigenvalue weighted by Gasteiger charge is 2.12. The number of aryl methyl sites for hydroxylation is 1. The summed E-state index contributed by atoms with van der Waals surface area (Å²) in [5, 5.41) is 14.0. The van der Waals surface area contributed by atoms with Crippen LogP contribution in [-0.2, 0) is 4.79 Å². The maximum atomic E-state index is 12.9. The highest BCUT2D eigenvalue weighted by Crippen LogP contribution is 2.26. The van der Waals surface area contributed by atoms with Crippen molar-refractivity contribution in [3.05, 3.63) is 64.4 Å². The summed E-state index contributed by atoms with van der Waals surface area (Å²) in [6.45, 7) is 1.88. The average molecular weight is 437 g/mol. The lowest BCUT2D eigenvalue weighted by molar-refractivity contribution is -0.113. The Hall–Kier alpha value is -2.49. The molecule has 0 unspecified atom stereocenters. The zero-order chi connectivity index (χ0) is 20.1. The number of halogens is 2. The lowest BCUT2D eigenvalue weighted by Gasteiger charge is -2.06. The Balaban J connectivity index is 1.51. The maximum absolute atomic E-state index is 12.9.